The van der Waals surface area contributed by atoms with Gasteiger partial charge in [-0.05, 0) is 55.4 Å². The molecule has 0 spiro atoms. The Balaban J connectivity index is 1.63. The number of thiocarbonyl (C=S) groups is 1. The first kappa shape index (κ1) is 22.4. The van der Waals surface area contributed by atoms with E-state index >= 15 is 0 Å². The molecule has 2 aromatic carbocycles. The minimum Gasteiger partial charge on any atom is -0.462 e. The first-order valence-electron chi connectivity index (χ1n) is 10.1. The van der Waals surface area contributed by atoms with Gasteiger partial charge >= 0.3 is 5.97 Å². The van der Waals surface area contributed by atoms with Crippen LogP contribution in [0.5, 0.6) is 0 Å². The number of anilines is 1. The van der Waals surface area contributed by atoms with Crippen molar-refractivity contribution in [3.05, 3.63) is 65.7 Å². The number of hydrogen-bond acceptors (Lipinski definition) is 5. The second-order valence-electron chi connectivity index (χ2n) is 7.17. The molecule has 2 amide bonds. The summed E-state index contributed by atoms with van der Waals surface area (Å²) in [5.41, 5.74) is 2.08. The number of hydrogen-bond donors (Lipinski definition) is 1. The van der Waals surface area contributed by atoms with Crippen LogP contribution in [0.4, 0.5) is 5.69 Å². The minimum absolute atomic E-state index is 0.0161. The Morgan fingerprint density at radius 1 is 1.10 bits per heavy atom. The number of esters is 1. The van der Waals surface area contributed by atoms with Crippen LogP contribution in [-0.2, 0) is 20.7 Å². The fourth-order valence-corrected chi connectivity index (χ4v) is 3.72. The molecule has 0 radical (unpaired) electrons. The number of carbonyl (C=O) groups is 3. The average molecular weight is 440 g/mol. The minimum atomic E-state index is -0.639. The highest BCUT2D eigenvalue weighted by Crippen LogP contribution is 2.21. The summed E-state index contributed by atoms with van der Waals surface area (Å²) in [5.74, 6) is -0.904. The summed E-state index contributed by atoms with van der Waals surface area (Å²) in [7, 11) is 1.63. The van der Waals surface area contributed by atoms with Crippen molar-refractivity contribution in [1.29, 1.82) is 0 Å². The predicted octanol–water partition coefficient (Wildman–Crippen LogP) is 2.86. The molecule has 1 N–H and O–H groups in total. The molecule has 0 bridgehead atoms. The van der Waals surface area contributed by atoms with Crippen LogP contribution in [0.15, 0.2) is 54.6 Å². The van der Waals surface area contributed by atoms with Crippen LogP contribution in [-0.4, -0.2) is 58.9 Å². The molecular formula is C23H25N3O4S. The molecule has 2 aromatic rings. The van der Waals surface area contributed by atoms with Gasteiger partial charge in [-0.3, -0.25) is 14.5 Å². The fraction of sp³-hybridized carbons (Fsp3) is 0.304. The van der Waals surface area contributed by atoms with Gasteiger partial charge < -0.3 is 15.0 Å². The third-order valence-electron chi connectivity index (χ3n) is 5.07. The predicted molar refractivity (Wildman–Crippen MR) is 122 cm³/mol. The lowest BCUT2D eigenvalue weighted by atomic mass is 10.1. The Morgan fingerprint density at radius 3 is 2.42 bits per heavy atom. The van der Waals surface area contributed by atoms with E-state index in [4.69, 9.17) is 17.0 Å². The number of benzene rings is 2. The zero-order chi connectivity index (χ0) is 22.4. The van der Waals surface area contributed by atoms with Crippen molar-refractivity contribution < 1.29 is 19.1 Å². The summed E-state index contributed by atoms with van der Waals surface area (Å²) in [6.45, 7) is 2.58. The van der Waals surface area contributed by atoms with Crippen LogP contribution in [0.25, 0.3) is 0 Å². The largest absolute Gasteiger partial charge is 0.462 e. The van der Waals surface area contributed by atoms with E-state index in [0.717, 1.165) is 12.0 Å². The zero-order valence-electron chi connectivity index (χ0n) is 17.5. The Kier molecular flexibility index (Phi) is 7.36. The number of rotatable bonds is 8. The molecule has 0 unspecified atom stereocenters. The Bertz CT molecular complexity index is 963. The van der Waals surface area contributed by atoms with E-state index in [1.807, 2.05) is 35.2 Å². The van der Waals surface area contributed by atoms with E-state index in [1.165, 1.54) is 4.90 Å². The van der Waals surface area contributed by atoms with Crippen molar-refractivity contribution in [3.8, 4) is 0 Å². The van der Waals surface area contributed by atoms with E-state index in [-0.39, 0.29) is 18.2 Å². The van der Waals surface area contributed by atoms with Crippen molar-refractivity contribution in [2.24, 2.45) is 0 Å². The van der Waals surface area contributed by atoms with Gasteiger partial charge in [-0.25, -0.2) is 4.79 Å². The SMILES string of the molecule is CCOC(=O)c1ccc(NC(=O)C[C@H]2C(=O)N(C)C(=S)N2CCc2ccccc2)cc1. The van der Waals surface area contributed by atoms with Crippen LogP contribution in [0.1, 0.15) is 29.3 Å². The lowest BCUT2D eigenvalue weighted by molar-refractivity contribution is -0.130. The lowest BCUT2D eigenvalue weighted by Gasteiger charge is -2.23. The molecule has 3 rings (SSSR count). The molecule has 1 atom stereocenters. The quantitative estimate of drug-likeness (QED) is 0.503. The summed E-state index contributed by atoms with van der Waals surface area (Å²) in [5, 5.41) is 3.21. The molecule has 0 aliphatic carbocycles. The number of likely N-dealkylation sites (N-methyl/N-ethyl adjacent to an activating group) is 1. The van der Waals surface area contributed by atoms with Gasteiger partial charge in [0.15, 0.2) is 5.11 Å². The molecule has 1 aliphatic rings. The van der Waals surface area contributed by atoms with E-state index in [2.05, 4.69) is 5.32 Å². The maximum absolute atomic E-state index is 12.7. The summed E-state index contributed by atoms with van der Waals surface area (Å²) in [6, 6.07) is 15.7. The fourth-order valence-electron chi connectivity index (χ4n) is 3.41. The van der Waals surface area contributed by atoms with Crippen molar-refractivity contribution >= 4 is 40.8 Å². The van der Waals surface area contributed by atoms with E-state index in [9.17, 15) is 14.4 Å². The van der Waals surface area contributed by atoms with Crippen LogP contribution >= 0.6 is 12.2 Å². The number of amides is 2. The molecule has 1 saturated heterocycles. The molecule has 0 saturated carbocycles. The van der Waals surface area contributed by atoms with Gasteiger partial charge in [-0.2, -0.15) is 0 Å². The van der Waals surface area contributed by atoms with Gasteiger partial charge in [0, 0.05) is 19.3 Å². The average Bonchev–Trinajstić information content (AvgIpc) is 2.97. The Hall–Kier alpha value is -3.26. The maximum atomic E-state index is 12.7. The van der Waals surface area contributed by atoms with Crippen molar-refractivity contribution in [2.45, 2.75) is 25.8 Å². The van der Waals surface area contributed by atoms with Gasteiger partial charge in [0.2, 0.25) is 5.91 Å². The smallest absolute Gasteiger partial charge is 0.338 e. The summed E-state index contributed by atoms with van der Waals surface area (Å²) in [4.78, 5) is 40.3. The van der Waals surface area contributed by atoms with Gasteiger partial charge in [0.05, 0.1) is 18.6 Å². The second kappa shape index (κ2) is 10.2. The zero-order valence-corrected chi connectivity index (χ0v) is 18.4. The van der Waals surface area contributed by atoms with Gasteiger partial charge in [-0.15, -0.1) is 0 Å². The molecule has 0 aromatic heterocycles. The number of ether oxygens (including phenoxy) is 1. The molecule has 1 fully saturated rings. The highest BCUT2D eigenvalue weighted by molar-refractivity contribution is 7.80. The molecule has 1 heterocycles. The summed E-state index contributed by atoms with van der Waals surface area (Å²) >= 11 is 5.43. The molecule has 7 nitrogen and oxygen atoms in total. The number of nitrogens with zero attached hydrogens (tertiary/aromatic N) is 2. The van der Waals surface area contributed by atoms with Crippen LogP contribution in [0.3, 0.4) is 0 Å². The second-order valence-corrected chi connectivity index (χ2v) is 7.54. The molecule has 8 heteroatoms. The maximum Gasteiger partial charge on any atom is 0.338 e. The van der Waals surface area contributed by atoms with E-state index < -0.39 is 12.0 Å². The normalized spacial score (nSPS) is 15.9. The van der Waals surface area contributed by atoms with E-state index in [0.29, 0.717) is 29.5 Å². The van der Waals surface area contributed by atoms with Crippen LogP contribution in [0.2, 0.25) is 0 Å². The summed E-state index contributed by atoms with van der Waals surface area (Å²) in [6.07, 6.45) is 0.702. The third kappa shape index (κ3) is 5.46. The van der Waals surface area contributed by atoms with Gasteiger partial charge in [0.25, 0.3) is 5.91 Å². The highest BCUT2D eigenvalue weighted by Gasteiger charge is 2.41. The first-order chi connectivity index (χ1) is 14.9. The van der Waals surface area contributed by atoms with Gasteiger partial charge in [0.1, 0.15) is 6.04 Å². The molecule has 31 heavy (non-hydrogen) atoms. The van der Waals surface area contributed by atoms with Crippen LogP contribution < -0.4 is 5.32 Å². The Morgan fingerprint density at radius 2 is 1.77 bits per heavy atom. The Labute approximate surface area is 187 Å². The van der Waals surface area contributed by atoms with Crippen molar-refractivity contribution in [1.82, 2.24) is 9.80 Å². The van der Waals surface area contributed by atoms with Crippen molar-refractivity contribution in [2.75, 3.05) is 25.5 Å². The van der Waals surface area contributed by atoms with Crippen molar-refractivity contribution in [3.63, 3.8) is 0 Å². The highest BCUT2D eigenvalue weighted by atomic mass is 32.1. The first-order valence-corrected chi connectivity index (χ1v) is 10.5. The summed E-state index contributed by atoms with van der Waals surface area (Å²) < 4.78 is 4.95. The number of nitrogens with one attached hydrogen (secondary N) is 1. The molecule has 1 aliphatic heterocycles. The van der Waals surface area contributed by atoms with Gasteiger partial charge in [-0.1, -0.05) is 30.3 Å². The topological polar surface area (TPSA) is 78.9 Å². The van der Waals surface area contributed by atoms with Crippen LogP contribution in [0, 0.1) is 0 Å². The molecule has 162 valence electrons. The lowest BCUT2D eigenvalue weighted by Crippen LogP contribution is -2.39. The standard InChI is InChI=1S/C23H25N3O4S/c1-3-30-22(29)17-9-11-18(12-10-17)24-20(27)15-19-21(28)25(2)23(31)26(19)14-13-16-7-5-4-6-8-16/h4-12,19H,3,13-15H2,1-2H3,(H,24,27)/t19-/m0/s1. The third-order valence-corrected chi connectivity index (χ3v) is 5.58. The monoisotopic (exact) mass is 439 g/mol. The van der Waals surface area contributed by atoms with E-state index in [1.54, 1.807) is 38.2 Å². The molecular weight excluding hydrogens is 414 g/mol. The number of carbonyl (C=O) groups excluding carboxylic acids is 3.